The lowest BCUT2D eigenvalue weighted by Crippen LogP contribution is -2.65. The van der Waals surface area contributed by atoms with Crippen LogP contribution in [0.4, 0.5) is 0 Å². The summed E-state index contributed by atoms with van der Waals surface area (Å²) in [6, 6.07) is 0. The van der Waals surface area contributed by atoms with Gasteiger partial charge in [0.1, 0.15) is 12.1 Å². The van der Waals surface area contributed by atoms with E-state index in [0.29, 0.717) is 5.56 Å². The summed E-state index contributed by atoms with van der Waals surface area (Å²) in [5, 5.41) is 4.17. The van der Waals surface area contributed by atoms with E-state index in [9.17, 15) is 14.4 Å². The van der Waals surface area contributed by atoms with E-state index in [4.69, 9.17) is 0 Å². The minimum absolute atomic E-state index is 0.0673. The van der Waals surface area contributed by atoms with Crippen molar-refractivity contribution < 1.29 is 14.4 Å². The number of carbonyl (C=O) groups is 3. The van der Waals surface area contributed by atoms with E-state index < -0.39 is 17.4 Å². The minimum atomic E-state index is -1.01. The monoisotopic (exact) mass is 306 g/mol. The van der Waals surface area contributed by atoms with Crippen molar-refractivity contribution in [2.24, 2.45) is 0 Å². The molecule has 1 N–H and O–H groups in total. The van der Waals surface area contributed by atoms with Gasteiger partial charge in [0.25, 0.3) is 11.8 Å². The number of piperazine rings is 1. The molecule has 1 aromatic rings. The minimum Gasteiger partial charge on any atom is -0.315 e. The number of rotatable bonds is 1. The highest BCUT2D eigenvalue weighted by Crippen LogP contribution is 2.32. The molecule has 0 bridgehead atoms. The molecule has 21 heavy (non-hydrogen) atoms. The van der Waals surface area contributed by atoms with E-state index in [-0.39, 0.29) is 12.5 Å². The molecule has 1 aromatic heterocycles. The first-order valence-corrected chi connectivity index (χ1v) is 8.04. The Morgan fingerprint density at radius 1 is 1.29 bits per heavy atom. The second-order valence-electron chi connectivity index (χ2n) is 6.09. The molecule has 0 saturated carbocycles. The average Bonchev–Trinajstić information content (AvgIpc) is 2.86. The number of hydrogen-bond donors (Lipinski definition) is 1. The molecule has 0 unspecified atom stereocenters. The molecule has 2 aliphatic rings. The normalized spacial score (nSPS) is 21.0. The Morgan fingerprint density at radius 2 is 2.00 bits per heavy atom. The zero-order valence-electron chi connectivity index (χ0n) is 12.2. The molecule has 6 heteroatoms. The SMILES string of the molecule is CC1(C)C(=O)NC(=O)CN1C(=O)c1csc2c1CCCC2. The van der Waals surface area contributed by atoms with Gasteiger partial charge in [-0.2, -0.15) is 0 Å². The van der Waals surface area contributed by atoms with Crippen molar-refractivity contribution in [3.05, 3.63) is 21.4 Å². The van der Waals surface area contributed by atoms with Crippen molar-refractivity contribution >= 4 is 29.1 Å². The highest BCUT2D eigenvalue weighted by Gasteiger charge is 2.44. The van der Waals surface area contributed by atoms with E-state index in [1.807, 2.05) is 5.38 Å². The number of hydrogen-bond acceptors (Lipinski definition) is 4. The van der Waals surface area contributed by atoms with Crippen LogP contribution in [-0.2, 0) is 22.4 Å². The lowest BCUT2D eigenvalue weighted by atomic mass is 9.93. The third-order valence-corrected chi connectivity index (χ3v) is 5.41. The number of thiophene rings is 1. The molecule has 0 radical (unpaired) electrons. The predicted octanol–water partition coefficient (Wildman–Crippen LogP) is 1.50. The van der Waals surface area contributed by atoms with Gasteiger partial charge in [-0.05, 0) is 45.1 Å². The topological polar surface area (TPSA) is 66.5 Å². The molecule has 1 fully saturated rings. The standard InChI is InChI=1S/C15H18N2O3S/c1-15(2)14(20)16-12(18)7-17(15)13(19)10-8-21-11-6-4-3-5-9(10)11/h8H,3-7H2,1-2H3,(H,16,18,20). The van der Waals surface area contributed by atoms with E-state index in [2.05, 4.69) is 5.32 Å². The molecule has 0 aromatic carbocycles. The van der Waals surface area contributed by atoms with Gasteiger partial charge in [0, 0.05) is 10.3 Å². The van der Waals surface area contributed by atoms with Crippen molar-refractivity contribution in [1.29, 1.82) is 0 Å². The van der Waals surface area contributed by atoms with Gasteiger partial charge >= 0.3 is 0 Å². The first-order chi connectivity index (χ1) is 9.91. The van der Waals surface area contributed by atoms with Gasteiger partial charge in [0.05, 0.1) is 5.56 Å². The Labute approximate surface area is 127 Å². The van der Waals surface area contributed by atoms with E-state index >= 15 is 0 Å². The van der Waals surface area contributed by atoms with Crippen LogP contribution in [0.2, 0.25) is 0 Å². The van der Waals surface area contributed by atoms with Crippen LogP contribution < -0.4 is 5.32 Å². The Hall–Kier alpha value is -1.69. The fourth-order valence-electron chi connectivity index (χ4n) is 2.93. The Kier molecular flexibility index (Phi) is 3.36. The first-order valence-electron chi connectivity index (χ1n) is 7.16. The Balaban J connectivity index is 1.96. The molecule has 3 rings (SSSR count). The molecule has 5 nitrogen and oxygen atoms in total. The number of fused-ring (bicyclic) bond motifs is 1. The van der Waals surface area contributed by atoms with Gasteiger partial charge in [0.2, 0.25) is 5.91 Å². The van der Waals surface area contributed by atoms with Crippen LogP contribution in [0.25, 0.3) is 0 Å². The lowest BCUT2D eigenvalue weighted by Gasteiger charge is -2.40. The second kappa shape index (κ2) is 4.94. The zero-order valence-corrected chi connectivity index (χ0v) is 13.0. The lowest BCUT2D eigenvalue weighted by molar-refractivity contribution is -0.143. The number of carbonyl (C=O) groups excluding carboxylic acids is 3. The van der Waals surface area contributed by atoms with Crippen molar-refractivity contribution in [2.45, 2.75) is 45.1 Å². The number of aryl methyl sites for hydroxylation is 1. The van der Waals surface area contributed by atoms with Crippen LogP contribution >= 0.6 is 11.3 Å². The van der Waals surface area contributed by atoms with Gasteiger partial charge in [-0.25, -0.2) is 0 Å². The van der Waals surface area contributed by atoms with E-state index in [0.717, 1.165) is 31.2 Å². The van der Waals surface area contributed by atoms with Gasteiger partial charge in [-0.3, -0.25) is 19.7 Å². The third kappa shape index (κ3) is 2.27. The number of amides is 3. The quantitative estimate of drug-likeness (QED) is 0.800. The van der Waals surface area contributed by atoms with Crippen LogP contribution in [0.5, 0.6) is 0 Å². The number of nitrogens with one attached hydrogen (secondary N) is 1. The van der Waals surface area contributed by atoms with Gasteiger partial charge in [0.15, 0.2) is 0 Å². The van der Waals surface area contributed by atoms with Crippen molar-refractivity contribution in [2.75, 3.05) is 6.54 Å². The highest BCUT2D eigenvalue weighted by atomic mass is 32.1. The van der Waals surface area contributed by atoms with Crippen LogP contribution in [0, 0.1) is 0 Å². The number of imide groups is 1. The van der Waals surface area contributed by atoms with E-state index in [1.54, 1.807) is 25.2 Å². The fraction of sp³-hybridized carbons (Fsp3) is 0.533. The molecule has 1 aliphatic carbocycles. The summed E-state index contributed by atoms with van der Waals surface area (Å²) in [5.41, 5.74) is 0.782. The summed E-state index contributed by atoms with van der Waals surface area (Å²) < 4.78 is 0. The maximum atomic E-state index is 12.8. The molecule has 1 aliphatic heterocycles. The summed E-state index contributed by atoms with van der Waals surface area (Å²) in [4.78, 5) is 39.1. The maximum Gasteiger partial charge on any atom is 0.256 e. The van der Waals surface area contributed by atoms with Crippen LogP contribution in [0.15, 0.2) is 5.38 Å². The second-order valence-corrected chi connectivity index (χ2v) is 7.05. The average molecular weight is 306 g/mol. The van der Waals surface area contributed by atoms with Gasteiger partial charge in [-0.1, -0.05) is 0 Å². The van der Waals surface area contributed by atoms with Gasteiger partial charge < -0.3 is 4.90 Å². The van der Waals surface area contributed by atoms with Crippen molar-refractivity contribution in [3.8, 4) is 0 Å². The Morgan fingerprint density at radius 3 is 2.76 bits per heavy atom. The molecular weight excluding hydrogens is 288 g/mol. The molecule has 112 valence electrons. The maximum absolute atomic E-state index is 12.8. The van der Waals surface area contributed by atoms with Crippen molar-refractivity contribution in [3.63, 3.8) is 0 Å². The zero-order chi connectivity index (χ0) is 15.2. The molecule has 2 heterocycles. The van der Waals surface area contributed by atoms with Crippen LogP contribution in [0.1, 0.15) is 47.5 Å². The summed E-state index contributed by atoms with van der Waals surface area (Å²) in [5.74, 6) is -1.05. The molecule has 3 amide bonds. The van der Waals surface area contributed by atoms with E-state index in [1.165, 1.54) is 9.78 Å². The number of nitrogens with zero attached hydrogens (tertiary/aromatic N) is 1. The molecular formula is C15H18N2O3S. The van der Waals surface area contributed by atoms with Crippen LogP contribution in [-0.4, -0.2) is 34.7 Å². The smallest absolute Gasteiger partial charge is 0.256 e. The molecule has 1 saturated heterocycles. The largest absolute Gasteiger partial charge is 0.315 e. The Bertz CT molecular complexity index is 633. The molecule has 0 spiro atoms. The first kappa shape index (κ1) is 14.3. The summed E-state index contributed by atoms with van der Waals surface area (Å²) >= 11 is 1.61. The summed E-state index contributed by atoms with van der Waals surface area (Å²) in [6.45, 7) is 3.28. The molecule has 0 atom stereocenters. The summed E-state index contributed by atoms with van der Waals surface area (Å²) in [7, 11) is 0. The fourth-order valence-corrected chi connectivity index (χ4v) is 4.05. The summed E-state index contributed by atoms with van der Waals surface area (Å²) in [6.07, 6.45) is 4.19. The van der Waals surface area contributed by atoms with Gasteiger partial charge in [-0.15, -0.1) is 11.3 Å². The highest BCUT2D eigenvalue weighted by molar-refractivity contribution is 7.10. The van der Waals surface area contributed by atoms with Crippen molar-refractivity contribution in [1.82, 2.24) is 10.2 Å². The third-order valence-electron chi connectivity index (χ3n) is 4.32. The predicted molar refractivity (Wildman–Crippen MR) is 79.2 cm³/mol. The van der Waals surface area contributed by atoms with Crippen LogP contribution in [0.3, 0.4) is 0 Å².